The molecule has 0 radical (unpaired) electrons. The molecule has 0 aromatic heterocycles. The lowest BCUT2D eigenvalue weighted by atomic mass is 9.97. The maximum absolute atomic E-state index is 10.7. The Labute approximate surface area is 127 Å². The highest BCUT2D eigenvalue weighted by Gasteiger charge is 2.27. The van der Waals surface area contributed by atoms with Gasteiger partial charge in [0.05, 0.1) is 21.6 Å². The number of nitrogens with two attached hydrogens (primary N) is 1. The first-order valence-electron chi connectivity index (χ1n) is 6.49. The normalized spacial score (nSPS) is 21.9. The number of hydrogen-bond acceptors (Lipinski definition) is 4. The first kappa shape index (κ1) is 15.4. The number of halogens is 2. The van der Waals surface area contributed by atoms with Gasteiger partial charge in [0, 0.05) is 12.1 Å². The second-order valence-corrected chi connectivity index (χ2v) is 5.81. The van der Waals surface area contributed by atoms with Crippen molar-refractivity contribution >= 4 is 28.9 Å². The van der Waals surface area contributed by atoms with Crippen molar-refractivity contribution in [2.75, 3.05) is 13.2 Å². The number of rotatable bonds is 5. The van der Waals surface area contributed by atoms with Gasteiger partial charge in [0.25, 0.3) is 5.69 Å². The third-order valence-electron chi connectivity index (χ3n) is 3.75. The Kier molecular flexibility index (Phi) is 5.07. The molecular weight excluding hydrogens is 303 g/mol. The van der Waals surface area contributed by atoms with Crippen molar-refractivity contribution in [1.82, 2.24) is 0 Å². The molecule has 1 aliphatic rings. The average Bonchev–Trinajstić information content (AvgIpc) is 2.84. The minimum atomic E-state index is -0.539. The Morgan fingerprint density at radius 2 is 1.90 bits per heavy atom. The molecule has 2 rings (SSSR count). The van der Waals surface area contributed by atoms with Gasteiger partial charge in [-0.1, -0.05) is 29.6 Å². The highest BCUT2D eigenvalue weighted by Crippen LogP contribution is 2.38. The summed E-state index contributed by atoms with van der Waals surface area (Å²) in [4.78, 5) is 10.2. The molecule has 1 aromatic rings. The standard InChI is InChI=1S/C13H16Cl2N2O3/c14-11-4-10(17(18)19)5-12(15)13(11)20-7-9-3-1-2-8(9)6-16/h4-5,8-9H,1-3,6-7,16H2. The minimum Gasteiger partial charge on any atom is -0.490 e. The molecule has 0 bridgehead atoms. The molecule has 0 heterocycles. The highest BCUT2D eigenvalue weighted by molar-refractivity contribution is 6.37. The second-order valence-electron chi connectivity index (χ2n) is 4.99. The number of ether oxygens (including phenoxy) is 1. The van der Waals surface area contributed by atoms with Crippen LogP contribution < -0.4 is 10.5 Å². The average molecular weight is 319 g/mol. The van der Waals surface area contributed by atoms with Crippen molar-refractivity contribution in [3.8, 4) is 5.75 Å². The fraction of sp³-hybridized carbons (Fsp3) is 0.538. The molecule has 0 saturated heterocycles. The van der Waals surface area contributed by atoms with E-state index in [1.54, 1.807) is 0 Å². The zero-order chi connectivity index (χ0) is 14.7. The van der Waals surface area contributed by atoms with E-state index in [1.807, 2.05) is 0 Å². The van der Waals surface area contributed by atoms with Crippen LogP contribution in [0.25, 0.3) is 0 Å². The fourth-order valence-electron chi connectivity index (χ4n) is 2.62. The summed E-state index contributed by atoms with van der Waals surface area (Å²) in [5, 5.41) is 11.0. The summed E-state index contributed by atoms with van der Waals surface area (Å²) in [5.41, 5.74) is 5.58. The molecule has 2 unspecified atom stereocenters. The smallest absolute Gasteiger partial charge is 0.272 e. The quantitative estimate of drug-likeness (QED) is 0.663. The van der Waals surface area contributed by atoms with Gasteiger partial charge in [0.1, 0.15) is 0 Å². The largest absolute Gasteiger partial charge is 0.490 e. The number of hydrogen-bond donors (Lipinski definition) is 1. The Bertz CT molecular complexity index is 487. The minimum absolute atomic E-state index is 0.145. The van der Waals surface area contributed by atoms with E-state index in [1.165, 1.54) is 12.1 Å². The third-order valence-corrected chi connectivity index (χ3v) is 4.32. The number of nitrogens with zero attached hydrogens (tertiary/aromatic N) is 1. The van der Waals surface area contributed by atoms with E-state index in [2.05, 4.69) is 0 Å². The molecule has 1 fully saturated rings. The number of non-ortho nitro benzene ring substituents is 1. The van der Waals surface area contributed by atoms with Crippen LogP contribution in [0.4, 0.5) is 5.69 Å². The summed E-state index contributed by atoms with van der Waals surface area (Å²) >= 11 is 12.0. The van der Waals surface area contributed by atoms with Crippen molar-refractivity contribution in [2.24, 2.45) is 17.6 Å². The molecule has 1 aliphatic carbocycles. The molecule has 0 amide bonds. The van der Waals surface area contributed by atoms with Crippen LogP contribution in [0.2, 0.25) is 10.0 Å². The van der Waals surface area contributed by atoms with Gasteiger partial charge in [-0.2, -0.15) is 0 Å². The van der Waals surface area contributed by atoms with Gasteiger partial charge in [0.15, 0.2) is 5.75 Å². The Hall–Kier alpha value is -1.04. The van der Waals surface area contributed by atoms with Crippen molar-refractivity contribution in [3.63, 3.8) is 0 Å². The van der Waals surface area contributed by atoms with E-state index in [9.17, 15) is 10.1 Å². The van der Waals surface area contributed by atoms with Crippen molar-refractivity contribution in [3.05, 3.63) is 32.3 Å². The van der Waals surface area contributed by atoms with Gasteiger partial charge in [-0.3, -0.25) is 10.1 Å². The van der Waals surface area contributed by atoms with Gasteiger partial charge < -0.3 is 10.5 Å². The number of nitro groups is 1. The molecule has 0 spiro atoms. The Morgan fingerprint density at radius 3 is 2.45 bits per heavy atom. The van der Waals surface area contributed by atoms with E-state index in [4.69, 9.17) is 33.7 Å². The molecule has 1 aromatic carbocycles. The van der Waals surface area contributed by atoms with Gasteiger partial charge >= 0.3 is 0 Å². The van der Waals surface area contributed by atoms with Crippen molar-refractivity contribution in [2.45, 2.75) is 19.3 Å². The SMILES string of the molecule is NCC1CCCC1COc1c(Cl)cc([N+](=O)[O-])cc1Cl. The zero-order valence-electron chi connectivity index (χ0n) is 10.9. The first-order chi connectivity index (χ1) is 9.52. The van der Waals surface area contributed by atoms with E-state index in [0.717, 1.165) is 19.3 Å². The van der Waals surface area contributed by atoms with E-state index in [-0.39, 0.29) is 15.7 Å². The van der Waals surface area contributed by atoms with Crippen LogP contribution in [0.15, 0.2) is 12.1 Å². The second kappa shape index (κ2) is 6.61. The lowest BCUT2D eigenvalue weighted by molar-refractivity contribution is -0.384. The summed E-state index contributed by atoms with van der Waals surface area (Å²) < 4.78 is 5.68. The van der Waals surface area contributed by atoms with Gasteiger partial charge in [-0.15, -0.1) is 0 Å². The molecule has 20 heavy (non-hydrogen) atoms. The van der Waals surface area contributed by atoms with Crippen LogP contribution in [-0.4, -0.2) is 18.1 Å². The summed E-state index contributed by atoms with van der Waals surface area (Å²) in [7, 11) is 0. The molecule has 2 atom stereocenters. The molecule has 110 valence electrons. The summed E-state index contributed by atoms with van der Waals surface area (Å²) in [6.45, 7) is 1.13. The van der Waals surface area contributed by atoms with Crippen molar-refractivity contribution in [1.29, 1.82) is 0 Å². The molecule has 1 saturated carbocycles. The fourth-order valence-corrected chi connectivity index (χ4v) is 3.21. The van der Waals surface area contributed by atoms with Gasteiger partial charge in [-0.25, -0.2) is 0 Å². The first-order valence-corrected chi connectivity index (χ1v) is 7.24. The Balaban J connectivity index is 2.08. The predicted molar refractivity (Wildman–Crippen MR) is 78.5 cm³/mol. The Morgan fingerprint density at radius 1 is 1.30 bits per heavy atom. The summed E-state index contributed by atoms with van der Waals surface area (Å²) in [5.74, 6) is 1.16. The maximum atomic E-state index is 10.7. The van der Waals surface area contributed by atoms with Crippen LogP contribution in [0.5, 0.6) is 5.75 Å². The van der Waals surface area contributed by atoms with Gasteiger partial charge in [0.2, 0.25) is 0 Å². The lowest BCUT2D eigenvalue weighted by Gasteiger charge is -2.19. The number of benzene rings is 1. The summed E-state index contributed by atoms with van der Waals surface area (Å²) in [6, 6.07) is 2.50. The van der Waals surface area contributed by atoms with Crippen LogP contribution in [-0.2, 0) is 0 Å². The topological polar surface area (TPSA) is 78.4 Å². The van der Waals surface area contributed by atoms with Gasteiger partial charge in [-0.05, 0) is 31.2 Å². The van der Waals surface area contributed by atoms with E-state index in [0.29, 0.717) is 30.7 Å². The molecular formula is C13H16Cl2N2O3. The molecule has 2 N–H and O–H groups in total. The molecule has 0 aliphatic heterocycles. The van der Waals surface area contributed by atoms with Crippen LogP contribution >= 0.6 is 23.2 Å². The van der Waals surface area contributed by atoms with Crippen molar-refractivity contribution < 1.29 is 9.66 Å². The number of nitro benzene ring substituents is 1. The molecule has 7 heteroatoms. The third kappa shape index (κ3) is 3.34. The predicted octanol–water partition coefficient (Wildman–Crippen LogP) is 3.66. The zero-order valence-corrected chi connectivity index (χ0v) is 12.4. The maximum Gasteiger partial charge on any atom is 0.272 e. The van der Waals surface area contributed by atoms with E-state index >= 15 is 0 Å². The van der Waals surface area contributed by atoms with Crippen LogP contribution in [0, 0.1) is 22.0 Å². The summed E-state index contributed by atoms with van der Waals surface area (Å²) in [6.07, 6.45) is 3.34. The van der Waals surface area contributed by atoms with Crippen LogP contribution in [0.3, 0.4) is 0 Å². The van der Waals surface area contributed by atoms with Crippen LogP contribution in [0.1, 0.15) is 19.3 Å². The lowest BCUT2D eigenvalue weighted by Crippen LogP contribution is -2.23. The molecule has 5 nitrogen and oxygen atoms in total. The monoisotopic (exact) mass is 318 g/mol. The highest BCUT2D eigenvalue weighted by atomic mass is 35.5. The van der Waals surface area contributed by atoms with E-state index < -0.39 is 4.92 Å².